The van der Waals surface area contributed by atoms with Crippen LogP contribution in [0.3, 0.4) is 0 Å². The number of ether oxygens (including phenoxy) is 2. The molecule has 25 heavy (non-hydrogen) atoms. The molecule has 3 rings (SSSR count). The molecular formula is C21H21NO3. The molecule has 0 spiro atoms. The van der Waals surface area contributed by atoms with Crippen molar-refractivity contribution in [1.82, 2.24) is 0 Å². The van der Waals surface area contributed by atoms with Gasteiger partial charge in [0.15, 0.2) is 6.10 Å². The first-order chi connectivity index (χ1) is 12.1. The van der Waals surface area contributed by atoms with Gasteiger partial charge in [0.1, 0.15) is 11.5 Å². The third kappa shape index (κ3) is 3.74. The van der Waals surface area contributed by atoms with Crippen molar-refractivity contribution in [3.63, 3.8) is 0 Å². The quantitative estimate of drug-likeness (QED) is 0.743. The summed E-state index contributed by atoms with van der Waals surface area (Å²) < 4.78 is 11.2. The summed E-state index contributed by atoms with van der Waals surface area (Å²) in [6.45, 7) is 3.70. The Hall–Kier alpha value is -3.01. The molecule has 1 amide bonds. The fourth-order valence-electron chi connectivity index (χ4n) is 2.70. The van der Waals surface area contributed by atoms with Crippen molar-refractivity contribution in [2.45, 2.75) is 20.0 Å². The zero-order valence-electron chi connectivity index (χ0n) is 14.6. The zero-order chi connectivity index (χ0) is 17.8. The second kappa shape index (κ2) is 7.26. The summed E-state index contributed by atoms with van der Waals surface area (Å²) in [4.78, 5) is 12.5. The Morgan fingerprint density at radius 1 is 1.00 bits per heavy atom. The van der Waals surface area contributed by atoms with Gasteiger partial charge >= 0.3 is 0 Å². The molecule has 4 nitrogen and oxygen atoms in total. The summed E-state index contributed by atoms with van der Waals surface area (Å²) in [5, 5.41) is 4.94. The first kappa shape index (κ1) is 16.8. The summed E-state index contributed by atoms with van der Waals surface area (Å²) >= 11 is 0. The van der Waals surface area contributed by atoms with Crippen LogP contribution < -0.4 is 14.8 Å². The van der Waals surface area contributed by atoms with Gasteiger partial charge < -0.3 is 14.8 Å². The molecule has 0 saturated heterocycles. The molecule has 0 radical (unpaired) electrons. The minimum Gasteiger partial charge on any atom is -0.495 e. The third-order valence-electron chi connectivity index (χ3n) is 4.04. The minimum atomic E-state index is -0.643. The fourth-order valence-corrected chi connectivity index (χ4v) is 2.70. The molecule has 1 N–H and O–H groups in total. The van der Waals surface area contributed by atoms with Gasteiger partial charge in [-0.25, -0.2) is 0 Å². The van der Waals surface area contributed by atoms with Gasteiger partial charge in [-0.1, -0.05) is 42.5 Å². The number of amides is 1. The molecule has 0 saturated carbocycles. The number of carbonyl (C=O) groups is 1. The van der Waals surface area contributed by atoms with Gasteiger partial charge in [0.2, 0.25) is 0 Å². The summed E-state index contributed by atoms with van der Waals surface area (Å²) in [7, 11) is 1.58. The van der Waals surface area contributed by atoms with Crippen molar-refractivity contribution in [1.29, 1.82) is 0 Å². The third-order valence-corrected chi connectivity index (χ3v) is 4.04. The van der Waals surface area contributed by atoms with Crippen LogP contribution in [0.25, 0.3) is 10.8 Å². The van der Waals surface area contributed by atoms with Gasteiger partial charge in [0.25, 0.3) is 5.91 Å². The van der Waals surface area contributed by atoms with Crippen LogP contribution >= 0.6 is 0 Å². The summed E-state index contributed by atoms with van der Waals surface area (Å²) in [5.74, 6) is 1.09. The summed E-state index contributed by atoms with van der Waals surface area (Å²) in [5.41, 5.74) is 1.68. The van der Waals surface area contributed by atoms with E-state index in [9.17, 15) is 4.79 Å². The Kier molecular flexibility index (Phi) is 4.89. The van der Waals surface area contributed by atoms with Crippen LogP contribution in [-0.4, -0.2) is 19.1 Å². The fraction of sp³-hybridized carbons (Fsp3) is 0.190. The predicted molar refractivity (Wildman–Crippen MR) is 100 cm³/mol. The van der Waals surface area contributed by atoms with Gasteiger partial charge in [0, 0.05) is 5.39 Å². The first-order valence-corrected chi connectivity index (χ1v) is 8.18. The summed E-state index contributed by atoms with van der Waals surface area (Å²) in [6.07, 6.45) is -0.643. The average Bonchev–Trinajstić information content (AvgIpc) is 2.62. The highest BCUT2D eigenvalue weighted by Gasteiger charge is 2.17. The lowest BCUT2D eigenvalue weighted by Gasteiger charge is -2.17. The van der Waals surface area contributed by atoms with E-state index in [0.717, 1.165) is 16.3 Å². The van der Waals surface area contributed by atoms with Crippen LogP contribution in [0.4, 0.5) is 5.69 Å². The van der Waals surface area contributed by atoms with Crippen molar-refractivity contribution in [2.24, 2.45) is 0 Å². The number of fused-ring (bicyclic) bond motifs is 1. The molecule has 0 bridgehead atoms. The van der Waals surface area contributed by atoms with Crippen molar-refractivity contribution in [3.05, 3.63) is 66.2 Å². The average molecular weight is 335 g/mol. The Balaban J connectivity index is 1.78. The Bertz CT molecular complexity index is 899. The van der Waals surface area contributed by atoms with E-state index in [4.69, 9.17) is 9.47 Å². The highest BCUT2D eigenvalue weighted by atomic mass is 16.5. The van der Waals surface area contributed by atoms with Gasteiger partial charge in [-0.2, -0.15) is 0 Å². The monoisotopic (exact) mass is 335 g/mol. The SMILES string of the molecule is COc1ccc(C)cc1NC(=O)C(C)Oc1cccc2ccccc12. The van der Waals surface area contributed by atoms with E-state index >= 15 is 0 Å². The van der Waals surface area contributed by atoms with Crippen LogP contribution in [0, 0.1) is 6.92 Å². The van der Waals surface area contributed by atoms with E-state index in [1.807, 2.05) is 67.6 Å². The maximum atomic E-state index is 12.5. The van der Waals surface area contributed by atoms with Crippen LogP contribution in [0.1, 0.15) is 12.5 Å². The topological polar surface area (TPSA) is 47.6 Å². The maximum absolute atomic E-state index is 12.5. The molecule has 0 aliphatic rings. The molecule has 1 atom stereocenters. The van der Waals surface area contributed by atoms with Crippen molar-refractivity contribution in [3.8, 4) is 11.5 Å². The lowest BCUT2D eigenvalue weighted by molar-refractivity contribution is -0.122. The number of nitrogens with one attached hydrogen (secondary N) is 1. The maximum Gasteiger partial charge on any atom is 0.265 e. The first-order valence-electron chi connectivity index (χ1n) is 8.18. The predicted octanol–water partition coefficient (Wildman–Crippen LogP) is 4.56. The van der Waals surface area contributed by atoms with Crippen molar-refractivity contribution >= 4 is 22.4 Å². The molecule has 0 aliphatic heterocycles. The standard InChI is InChI=1S/C21H21NO3/c1-14-11-12-20(24-3)18(13-14)22-21(23)15(2)25-19-10-6-8-16-7-4-5-9-17(16)19/h4-13,15H,1-3H3,(H,22,23). The van der Waals surface area contributed by atoms with Crippen LogP contribution in [0.2, 0.25) is 0 Å². The number of methoxy groups -OCH3 is 1. The highest BCUT2D eigenvalue weighted by molar-refractivity contribution is 5.96. The van der Waals surface area contributed by atoms with E-state index in [2.05, 4.69) is 5.32 Å². The summed E-state index contributed by atoms with van der Waals surface area (Å²) in [6, 6.07) is 19.4. The second-order valence-corrected chi connectivity index (χ2v) is 5.93. The molecule has 4 heteroatoms. The van der Waals surface area contributed by atoms with Gasteiger partial charge in [-0.3, -0.25) is 4.79 Å². The number of hydrogen-bond acceptors (Lipinski definition) is 3. The largest absolute Gasteiger partial charge is 0.495 e. The van der Waals surface area contributed by atoms with Gasteiger partial charge in [0.05, 0.1) is 12.8 Å². The van der Waals surface area contributed by atoms with E-state index in [1.54, 1.807) is 14.0 Å². The highest BCUT2D eigenvalue weighted by Crippen LogP contribution is 2.28. The van der Waals surface area contributed by atoms with Crippen LogP contribution in [0.5, 0.6) is 11.5 Å². The molecule has 3 aromatic rings. The van der Waals surface area contributed by atoms with Crippen molar-refractivity contribution < 1.29 is 14.3 Å². The Morgan fingerprint density at radius 2 is 1.76 bits per heavy atom. The number of anilines is 1. The minimum absolute atomic E-state index is 0.225. The molecular weight excluding hydrogens is 314 g/mol. The van der Waals surface area contributed by atoms with E-state index in [-0.39, 0.29) is 5.91 Å². The molecule has 128 valence electrons. The number of hydrogen-bond donors (Lipinski definition) is 1. The zero-order valence-corrected chi connectivity index (χ0v) is 14.6. The molecule has 1 unspecified atom stereocenters. The van der Waals surface area contributed by atoms with Gasteiger partial charge in [-0.05, 0) is 43.0 Å². The van der Waals surface area contributed by atoms with Crippen molar-refractivity contribution in [2.75, 3.05) is 12.4 Å². The lowest BCUT2D eigenvalue weighted by atomic mass is 10.1. The smallest absolute Gasteiger partial charge is 0.265 e. The molecule has 0 aliphatic carbocycles. The van der Waals surface area contributed by atoms with Gasteiger partial charge in [-0.15, -0.1) is 0 Å². The van der Waals surface area contributed by atoms with E-state index < -0.39 is 6.10 Å². The number of rotatable bonds is 5. The van der Waals surface area contributed by atoms with Crippen LogP contribution in [-0.2, 0) is 4.79 Å². The normalized spacial score (nSPS) is 11.8. The Morgan fingerprint density at radius 3 is 2.56 bits per heavy atom. The number of carbonyl (C=O) groups excluding carboxylic acids is 1. The van der Waals surface area contributed by atoms with E-state index in [0.29, 0.717) is 17.2 Å². The Labute approximate surface area is 147 Å². The lowest BCUT2D eigenvalue weighted by Crippen LogP contribution is -2.30. The number of benzene rings is 3. The second-order valence-electron chi connectivity index (χ2n) is 5.93. The molecule has 0 aromatic heterocycles. The molecule has 0 fully saturated rings. The molecule has 0 heterocycles. The molecule has 3 aromatic carbocycles. The van der Waals surface area contributed by atoms with Crippen LogP contribution in [0.15, 0.2) is 60.7 Å². The number of aryl methyl sites for hydroxylation is 1. The van der Waals surface area contributed by atoms with E-state index in [1.165, 1.54) is 0 Å².